The summed E-state index contributed by atoms with van der Waals surface area (Å²) in [4.78, 5) is 0. The van der Waals surface area contributed by atoms with Crippen molar-refractivity contribution in [3.63, 3.8) is 0 Å². The maximum atomic E-state index is 6.39. The third-order valence-electron chi connectivity index (χ3n) is 4.09. The van der Waals surface area contributed by atoms with Crippen LogP contribution in [0.1, 0.15) is 28.2 Å². The van der Waals surface area contributed by atoms with E-state index in [1.54, 1.807) is 6.07 Å². The molecule has 0 spiro atoms. The highest BCUT2D eigenvalue weighted by atomic mass is 35.5. The van der Waals surface area contributed by atoms with Crippen LogP contribution in [0, 0.1) is 13.8 Å². The van der Waals surface area contributed by atoms with Gasteiger partial charge in [0.1, 0.15) is 0 Å². The van der Waals surface area contributed by atoms with Crippen LogP contribution in [0.15, 0.2) is 24.3 Å². The molecular weight excluding hydrogens is 277 g/mol. The van der Waals surface area contributed by atoms with Crippen molar-refractivity contribution in [1.29, 1.82) is 0 Å². The summed E-state index contributed by atoms with van der Waals surface area (Å²) in [6.07, 6.45) is 0. The summed E-state index contributed by atoms with van der Waals surface area (Å²) in [5, 5.41) is 1.39. The molecule has 2 N–H and O–H groups in total. The van der Waals surface area contributed by atoms with E-state index in [1.807, 2.05) is 6.07 Å². The number of benzene rings is 2. The van der Waals surface area contributed by atoms with E-state index in [1.165, 1.54) is 22.3 Å². The Morgan fingerprint density at radius 3 is 2.58 bits per heavy atom. The van der Waals surface area contributed by atoms with Crippen molar-refractivity contribution in [2.45, 2.75) is 19.8 Å². The van der Waals surface area contributed by atoms with Gasteiger partial charge in [-0.3, -0.25) is 0 Å². The van der Waals surface area contributed by atoms with Gasteiger partial charge in [-0.25, -0.2) is 0 Å². The number of aryl methyl sites for hydroxylation is 1. The molecule has 98 valence electrons. The average Bonchev–Trinajstić information content (AvgIpc) is 2.68. The minimum absolute atomic E-state index is 0.175. The first-order valence-electron chi connectivity index (χ1n) is 6.34. The lowest BCUT2D eigenvalue weighted by Gasteiger charge is -2.12. The maximum Gasteiger partial charge on any atom is 0.0465 e. The fourth-order valence-electron chi connectivity index (χ4n) is 3.03. The summed E-state index contributed by atoms with van der Waals surface area (Å²) in [6.45, 7) is 4.83. The molecule has 0 bridgehead atoms. The highest BCUT2D eigenvalue weighted by molar-refractivity contribution is 6.36. The Kier molecular flexibility index (Phi) is 3.09. The van der Waals surface area contributed by atoms with Crippen LogP contribution in [-0.4, -0.2) is 6.54 Å². The van der Waals surface area contributed by atoms with Crippen LogP contribution in [0.5, 0.6) is 0 Å². The monoisotopic (exact) mass is 291 g/mol. The smallest absolute Gasteiger partial charge is 0.0465 e. The van der Waals surface area contributed by atoms with E-state index < -0.39 is 0 Å². The van der Waals surface area contributed by atoms with E-state index in [9.17, 15) is 0 Å². The standard InChI is InChI=1S/C16H15Cl2N/c1-8-3-4-11-13(7-19)16-12(15(11)9(8)2)5-10(17)6-14(16)18/h3-6,13H,7,19H2,1-2H3. The summed E-state index contributed by atoms with van der Waals surface area (Å²) in [5.41, 5.74) is 13.3. The second-order valence-electron chi connectivity index (χ2n) is 5.11. The zero-order chi connectivity index (χ0) is 13.7. The lowest BCUT2D eigenvalue weighted by Crippen LogP contribution is -2.11. The third kappa shape index (κ3) is 1.80. The molecule has 1 aliphatic rings. The minimum Gasteiger partial charge on any atom is -0.330 e. The predicted octanol–water partition coefficient (Wildman–Crippen LogP) is 4.68. The molecule has 3 heteroatoms. The largest absolute Gasteiger partial charge is 0.330 e. The predicted molar refractivity (Wildman–Crippen MR) is 82.3 cm³/mol. The molecule has 19 heavy (non-hydrogen) atoms. The van der Waals surface area contributed by atoms with Gasteiger partial charge in [-0.05, 0) is 59.4 Å². The number of hydrogen-bond donors (Lipinski definition) is 1. The number of fused-ring (bicyclic) bond motifs is 3. The van der Waals surface area contributed by atoms with Crippen molar-refractivity contribution >= 4 is 23.2 Å². The Labute approximate surface area is 123 Å². The van der Waals surface area contributed by atoms with Gasteiger partial charge in [-0.1, -0.05) is 35.3 Å². The van der Waals surface area contributed by atoms with Gasteiger partial charge >= 0.3 is 0 Å². The summed E-state index contributed by atoms with van der Waals surface area (Å²) in [5.74, 6) is 0.175. The molecule has 1 atom stereocenters. The molecule has 0 amide bonds. The van der Waals surface area contributed by atoms with Crippen LogP contribution in [0.4, 0.5) is 0 Å². The first-order valence-corrected chi connectivity index (χ1v) is 7.09. The first-order chi connectivity index (χ1) is 9.04. The fourth-order valence-corrected chi connectivity index (χ4v) is 3.66. The second kappa shape index (κ2) is 4.52. The van der Waals surface area contributed by atoms with Crippen molar-refractivity contribution in [3.8, 4) is 11.1 Å². The van der Waals surface area contributed by atoms with Crippen molar-refractivity contribution in [3.05, 3.63) is 56.6 Å². The molecule has 0 saturated carbocycles. The molecule has 2 aromatic rings. The van der Waals surface area contributed by atoms with Crippen molar-refractivity contribution in [1.82, 2.24) is 0 Å². The van der Waals surface area contributed by atoms with E-state index in [2.05, 4.69) is 26.0 Å². The zero-order valence-corrected chi connectivity index (χ0v) is 12.4. The van der Waals surface area contributed by atoms with Gasteiger partial charge in [0.15, 0.2) is 0 Å². The van der Waals surface area contributed by atoms with E-state index in [4.69, 9.17) is 28.9 Å². The van der Waals surface area contributed by atoms with Crippen LogP contribution in [-0.2, 0) is 0 Å². The number of hydrogen-bond acceptors (Lipinski definition) is 1. The minimum atomic E-state index is 0.175. The Morgan fingerprint density at radius 2 is 1.89 bits per heavy atom. The molecule has 0 saturated heterocycles. The normalized spacial score (nSPS) is 16.4. The fraction of sp³-hybridized carbons (Fsp3) is 0.250. The van der Waals surface area contributed by atoms with Crippen molar-refractivity contribution in [2.75, 3.05) is 6.54 Å². The average molecular weight is 292 g/mol. The number of rotatable bonds is 1. The topological polar surface area (TPSA) is 26.0 Å². The van der Waals surface area contributed by atoms with Gasteiger partial charge in [0.05, 0.1) is 0 Å². The molecule has 1 nitrogen and oxygen atoms in total. The number of halogens is 2. The van der Waals surface area contributed by atoms with E-state index in [0.29, 0.717) is 16.6 Å². The van der Waals surface area contributed by atoms with Gasteiger partial charge in [0.25, 0.3) is 0 Å². The van der Waals surface area contributed by atoms with Gasteiger partial charge in [-0.2, -0.15) is 0 Å². The van der Waals surface area contributed by atoms with E-state index >= 15 is 0 Å². The Morgan fingerprint density at radius 1 is 1.16 bits per heavy atom. The SMILES string of the molecule is Cc1ccc2c(c1C)-c1cc(Cl)cc(Cl)c1C2CN. The maximum absolute atomic E-state index is 6.39. The highest BCUT2D eigenvalue weighted by Gasteiger charge is 2.31. The van der Waals surface area contributed by atoms with Crippen molar-refractivity contribution < 1.29 is 0 Å². The summed E-state index contributed by atoms with van der Waals surface area (Å²) >= 11 is 12.6. The second-order valence-corrected chi connectivity index (χ2v) is 5.95. The molecule has 1 aliphatic carbocycles. The first kappa shape index (κ1) is 13.0. The quantitative estimate of drug-likeness (QED) is 0.811. The van der Waals surface area contributed by atoms with E-state index in [0.717, 1.165) is 11.1 Å². The number of nitrogens with two attached hydrogens (primary N) is 1. The highest BCUT2D eigenvalue weighted by Crippen LogP contribution is 2.50. The van der Waals surface area contributed by atoms with Crippen LogP contribution in [0.2, 0.25) is 10.0 Å². The molecule has 0 fully saturated rings. The molecule has 0 heterocycles. The van der Waals surface area contributed by atoms with E-state index in [-0.39, 0.29) is 5.92 Å². The Hall–Kier alpha value is -1.02. The van der Waals surface area contributed by atoms with Crippen LogP contribution >= 0.6 is 23.2 Å². The molecule has 0 aromatic heterocycles. The van der Waals surface area contributed by atoms with Gasteiger partial charge in [0, 0.05) is 22.5 Å². The molecule has 0 radical (unpaired) electrons. The summed E-state index contributed by atoms with van der Waals surface area (Å²) < 4.78 is 0. The molecule has 1 unspecified atom stereocenters. The van der Waals surface area contributed by atoms with Gasteiger partial charge in [0.2, 0.25) is 0 Å². The lowest BCUT2D eigenvalue weighted by atomic mass is 9.94. The molecule has 0 aliphatic heterocycles. The Bertz CT molecular complexity index is 677. The Balaban J connectivity index is 2.41. The molecule has 3 rings (SSSR count). The molecular formula is C16H15Cl2N. The van der Waals surface area contributed by atoms with Crippen molar-refractivity contribution in [2.24, 2.45) is 5.73 Å². The van der Waals surface area contributed by atoms with Crippen LogP contribution in [0.25, 0.3) is 11.1 Å². The zero-order valence-electron chi connectivity index (χ0n) is 10.9. The van der Waals surface area contributed by atoms with Crippen LogP contribution < -0.4 is 5.73 Å². The lowest BCUT2D eigenvalue weighted by molar-refractivity contribution is 0.840. The third-order valence-corrected chi connectivity index (χ3v) is 4.62. The summed E-state index contributed by atoms with van der Waals surface area (Å²) in [6, 6.07) is 8.13. The van der Waals surface area contributed by atoms with Gasteiger partial charge in [-0.15, -0.1) is 0 Å². The van der Waals surface area contributed by atoms with Gasteiger partial charge < -0.3 is 5.73 Å². The summed E-state index contributed by atoms with van der Waals surface area (Å²) in [7, 11) is 0. The molecule has 2 aromatic carbocycles. The van der Waals surface area contributed by atoms with Crippen LogP contribution in [0.3, 0.4) is 0 Å².